The molecule has 0 aromatic heterocycles. The Kier molecular flexibility index (Phi) is 7.92. The maximum absolute atomic E-state index is 15.3. The zero-order valence-electron chi connectivity index (χ0n) is 16.2. The number of benzene rings is 2. The molecule has 0 amide bonds. The van der Waals surface area contributed by atoms with Crippen molar-refractivity contribution in [1.29, 1.82) is 0 Å². The molecule has 0 aliphatic rings. The molecule has 0 bridgehead atoms. The number of halogens is 18. The number of alkyl halides is 2. The van der Waals surface area contributed by atoms with Crippen molar-refractivity contribution in [2.75, 3.05) is 0 Å². The van der Waals surface area contributed by atoms with Gasteiger partial charge >= 0.3 is 23.9 Å². The van der Waals surface area contributed by atoms with Crippen LogP contribution in [0.3, 0.4) is 0 Å². The molecule has 0 N–H and O–H groups in total. The molecule has 2 rings (SSSR count). The first-order chi connectivity index (χ1) is 16.8. The summed E-state index contributed by atoms with van der Waals surface area (Å²) in [4.78, 5) is 0. The summed E-state index contributed by atoms with van der Waals surface area (Å²) in [7, 11) is 0. The second-order valence-corrected chi connectivity index (χ2v) is 6.33. The van der Waals surface area contributed by atoms with Gasteiger partial charge in [-0.15, -0.1) is 0 Å². The van der Waals surface area contributed by atoms with Crippen molar-refractivity contribution in [2.24, 2.45) is 0 Å². The van der Waals surface area contributed by atoms with Crippen molar-refractivity contribution < 1.29 is 83.8 Å². The molecule has 2 aromatic rings. The Labute approximate surface area is 189 Å². The van der Waals surface area contributed by atoms with Crippen molar-refractivity contribution in [3.05, 3.63) is 93.1 Å². The molecule has 0 heterocycles. The summed E-state index contributed by atoms with van der Waals surface area (Å²) in [5, 5.41) is 0. The maximum Gasteiger partial charge on any atom is 0.307 e. The van der Waals surface area contributed by atoms with Gasteiger partial charge in [0.2, 0.25) is 23.3 Å². The Morgan fingerprint density at radius 3 is 0.757 bits per heavy atom. The number of rotatable bonds is 6. The highest BCUT2D eigenvalue weighted by molar-refractivity contribution is 5.37. The zero-order chi connectivity index (χ0) is 28.9. The van der Waals surface area contributed by atoms with Crippen LogP contribution in [0.1, 0.15) is 11.1 Å². The molecule has 2 aromatic carbocycles. The fourth-order valence-corrected chi connectivity index (χ4v) is 2.62. The highest BCUT2D eigenvalue weighted by Crippen LogP contribution is 2.52. The molecule has 0 aliphatic carbocycles. The number of hydrogen-bond acceptors (Lipinski definition) is 1. The largest absolute Gasteiger partial charge is 0.307 e. The Balaban J connectivity index is 3.17. The summed E-state index contributed by atoms with van der Waals surface area (Å²) < 4.78 is 249. The minimum absolute atomic E-state index is 2.84. The lowest BCUT2D eigenvalue weighted by Gasteiger charge is -2.33. The molecular weight excluding hydrogens is 574 g/mol. The quantitative estimate of drug-likeness (QED) is 0.192. The lowest BCUT2D eigenvalue weighted by molar-refractivity contribution is -0.274. The molecule has 0 fully saturated rings. The average molecular weight is 574 g/mol. The molecule has 37 heavy (non-hydrogen) atoms. The van der Waals surface area contributed by atoms with Crippen molar-refractivity contribution in [1.82, 2.24) is 0 Å². The van der Waals surface area contributed by atoms with Gasteiger partial charge < -0.3 is 0 Å². The van der Waals surface area contributed by atoms with E-state index in [1.807, 2.05) is 0 Å². The molecule has 204 valence electrons. The first-order valence-electron chi connectivity index (χ1n) is 8.31. The van der Waals surface area contributed by atoms with Gasteiger partial charge in [0.05, 0.1) is 0 Å². The Morgan fingerprint density at radius 2 is 0.568 bits per heavy atom. The van der Waals surface area contributed by atoms with Crippen molar-refractivity contribution in [3.8, 4) is 0 Å². The third-order valence-electron chi connectivity index (χ3n) is 4.24. The predicted molar refractivity (Wildman–Crippen MR) is 79.8 cm³/mol. The molecule has 0 radical (unpaired) electrons. The van der Waals surface area contributed by atoms with Crippen molar-refractivity contribution in [2.45, 2.75) is 11.7 Å². The van der Waals surface area contributed by atoms with E-state index in [1.165, 1.54) is 0 Å². The second-order valence-electron chi connectivity index (χ2n) is 6.33. The summed E-state index contributed by atoms with van der Waals surface area (Å²) >= 11 is 0. The van der Waals surface area contributed by atoms with Gasteiger partial charge in [0.1, 0.15) is 11.1 Å². The van der Waals surface area contributed by atoms with E-state index in [-0.39, 0.29) is 0 Å². The van der Waals surface area contributed by atoms with E-state index in [0.717, 1.165) is 0 Å². The number of ether oxygens (including phenoxy) is 1. The minimum Gasteiger partial charge on any atom is -0.289 e. The topological polar surface area (TPSA) is 9.23 Å². The molecule has 2 unspecified atom stereocenters. The van der Waals surface area contributed by atoms with Gasteiger partial charge in [-0.2, -0.15) is 35.1 Å². The smallest absolute Gasteiger partial charge is 0.289 e. The SMILES string of the molecule is FC(F)=C(F)C(F)(OC(F)(C(F)=C(F)F)c1c(F)c(F)c(F)c(F)c1F)c1c(F)c(F)c(F)c(F)c1F. The molecule has 0 aliphatic heterocycles. The zero-order valence-corrected chi connectivity index (χ0v) is 16.2. The molecule has 0 spiro atoms. The highest BCUT2D eigenvalue weighted by atomic mass is 19.3. The monoisotopic (exact) mass is 574 g/mol. The summed E-state index contributed by atoms with van der Waals surface area (Å²) in [6, 6.07) is 0. The Hall–Kier alpha value is -3.38. The van der Waals surface area contributed by atoms with Crippen LogP contribution in [-0.2, 0) is 16.4 Å². The predicted octanol–water partition coefficient (Wildman–Crippen LogP) is 8.19. The second kappa shape index (κ2) is 9.82. The van der Waals surface area contributed by atoms with Crippen LogP contribution in [0.2, 0.25) is 0 Å². The minimum atomic E-state index is -6.54. The van der Waals surface area contributed by atoms with Gasteiger partial charge in [0.25, 0.3) is 0 Å². The van der Waals surface area contributed by atoms with Gasteiger partial charge in [-0.25, -0.2) is 43.9 Å². The van der Waals surface area contributed by atoms with Crippen LogP contribution in [0.5, 0.6) is 0 Å². The van der Waals surface area contributed by atoms with Gasteiger partial charge in [-0.3, -0.25) is 4.74 Å². The van der Waals surface area contributed by atoms with Crippen LogP contribution in [-0.4, -0.2) is 0 Å². The fraction of sp³-hybridized carbons (Fsp3) is 0.111. The lowest BCUT2D eigenvalue weighted by Crippen LogP contribution is -2.41. The summed E-state index contributed by atoms with van der Waals surface area (Å²) in [6.07, 6.45) is -8.56. The normalized spacial score (nSPS) is 14.8. The van der Waals surface area contributed by atoms with Crippen LogP contribution in [0.4, 0.5) is 79.0 Å². The van der Waals surface area contributed by atoms with E-state index < -0.39 is 105 Å². The third-order valence-corrected chi connectivity index (χ3v) is 4.24. The lowest BCUT2D eigenvalue weighted by atomic mass is 9.99. The fourth-order valence-electron chi connectivity index (χ4n) is 2.62. The molecule has 19 heteroatoms. The molecule has 1 nitrogen and oxygen atoms in total. The standard InChI is InChI=1S/C18F18O/c19-3-1(4(20)8(24)11(27)7(3)23)17(35,13(29)15(31)32)37-18(36,14(30)16(33)34)2-5(21)9(25)12(28)10(26)6(2)22. The van der Waals surface area contributed by atoms with E-state index in [9.17, 15) is 70.2 Å². The molecular formula is C18F18O. The Bertz CT molecular complexity index is 1180. The summed E-state index contributed by atoms with van der Waals surface area (Å²) in [5.41, 5.74) is -7.38. The van der Waals surface area contributed by atoms with Gasteiger partial charge in [0, 0.05) is 0 Å². The van der Waals surface area contributed by atoms with E-state index in [2.05, 4.69) is 4.74 Å². The van der Waals surface area contributed by atoms with E-state index in [4.69, 9.17) is 0 Å². The maximum atomic E-state index is 15.3. The third kappa shape index (κ3) is 4.48. The van der Waals surface area contributed by atoms with Crippen molar-refractivity contribution >= 4 is 0 Å². The highest BCUT2D eigenvalue weighted by Gasteiger charge is 2.60. The van der Waals surface area contributed by atoms with Crippen LogP contribution < -0.4 is 0 Å². The van der Waals surface area contributed by atoms with Crippen molar-refractivity contribution in [3.63, 3.8) is 0 Å². The van der Waals surface area contributed by atoms with Gasteiger partial charge in [0.15, 0.2) is 46.5 Å². The van der Waals surface area contributed by atoms with Gasteiger partial charge in [-0.1, -0.05) is 0 Å². The van der Waals surface area contributed by atoms with E-state index >= 15 is 8.78 Å². The van der Waals surface area contributed by atoms with Crippen LogP contribution >= 0.6 is 0 Å². The first-order valence-corrected chi connectivity index (χ1v) is 8.31. The summed E-state index contributed by atoms with van der Waals surface area (Å²) in [6.45, 7) is 0. The molecule has 0 saturated carbocycles. The Morgan fingerprint density at radius 1 is 0.378 bits per heavy atom. The molecule has 2 atom stereocenters. The average Bonchev–Trinajstić information content (AvgIpc) is 2.82. The van der Waals surface area contributed by atoms with Crippen LogP contribution in [0, 0.1) is 58.2 Å². The summed E-state index contributed by atoms with van der Waals surface area (Å²) in [5.74, 6) is -56.4. The van der Waals surface area contributed by atoms with E-state index in [1.54, 1.807) is 0 Å². The first kappa shape index (κ1) is 29.8. The van der Waals surface area contributed by atoms with Crippen LogP contribution in [0.25, 0.3) is 0 Å². The van der Waals surface area contributed by atoms with E-state index in [0.29, 0.717) is 0 Å². The van der Waals surface area contributed by atoms with Crippen LogP contribution in [0.15, 0.2) is 23.8 Å². The molecule has 0 saturated heterocycles. The number of hydrogen-bond donors (Lipinski definition) is 0. The van der Waals surface area contributed by atoms with Gasteiger partial charge in [-0.05, 0) is 0 Å².